The molecule has 18 heavy (non-hydrogen) atoms. The fraction of sp³-hybridized carbons (Fsp3) is 0.571. The highest BCUT2D eigenvalue weighted by Gasteiger charge is 2.23. The molecule has 0 radical (unpaired) electrons. The van der Waals surface area contributed by atoms with E-state index in [9.17, 15) is 0 Å². The zero-order chi connectivity index (χ0) is 13.3. The Kier molecular flexibility index (Phi) is 4.62. The molecule has 0 bridgehead atoms. The van der Waals surface area contributed by atoms with Crippen LogP contribution in [0, 0.1) is 0 Å². The number of anilines is 1. The van der Waals surface area contributed by atoms with Gasteiger partial charge in [0.25, 0.3) is 0 Å². The van der Waals surface area contributed by atoms with Crippen LogP contribution in [0.15, 0.2) is 22.7 Å². The molecule has 1 aromatic rings. The Balaban J connectivity index is 2.22. The number of halogens is 1. The molecule has 1 fully saturated rings. The predicted octanol–water partition coefficient (Wildman–Crippen LogP) is 3.80. The molecule has 1 heterocycles. The second-order valence-corrected chi connectivity index (χ2v) is 7.90. The van der Waals surface area contributed by atoms with Gasteiger partial charge in [-0.3, -0.25) is 0 Å². The number of benzene rings is 1. The van der Waals surface area contributed by atoms with Gasteiger partial charge in [0.1, 0.15) is 0 Å². The molecule has 1 aromatic carbocycles. The second kappa shape index (κ2) is 5.85. The van der Waals surface area contributed by atoms with Crippen molar-refractivity contribution in [3.8, 4) is 0 Å². The first-order valence-corrected chi connectivity index (χ1v) is 8.16. The van der Waals surface area contributed by atoms with Crippen LogP contribution >= 0.6 is 27.7 Å². The molecule has 100 valence electrons. The summed E-state index contributed by atoms with van der Waals surface area (Å²) in [5, 5.41) is 1.38. The van der Waals surface area contributed by atoms with Gasteiger partial charge in [-0.25, -0.2) is 0 Å². The summed E-state index contributed by atoms with van der Waals surface area (Å²) < 4.78 is 1.16. The highest BCUT2D eigenvalue weighted by Crippen LogP contribution is 2.34. The first-order chi connectivity index (χ1) is 8.47. The summed E-state index contributed by atoms with van der Waals surface area (Å²) >= 11 is 5.76. The smallest absolute Gasteiger partial charge is 0.0511 e. The van der Waals surface area contributed by atoms with Crippen molar-refractivity contribution < 1.29 is 0 Å². The summed E-state index contributed by atoms with van der Waals surface area (Å²) in [6.07, 6.45) is 0. The molecule has 2 N–H and O–H groups in total. The quantitative estimate of drug-likeness (QED) is 0.895. The van der Waals surface area contributed by atoms with E-state index < -0.39 is 0 Å². The normalized spacial score (nSPS) is 26.2. The van der Waals surface area contributed by atoms with Crippen molar-refractivity contribution in [2.45, 2.75) is 37.3 Å². The molecule has 0 aliphatic carbocycles. The lowest BCUT2D eigenvalue weighted by Crippen LogP contribution is -2.40. The van der Waals surface area contributed by atoms with Gasteiger partial charge in [-0.05, 0) is 40.5 Å². The Bertz CT molecular complexity index is 412. The maximum Gasteiger partial charge on any atom is 0.0511 e. The Morgan fingerprint density at radius 1 is 1.33 bits per heavy atom. The van der Waals surface area contributed by atoms with E-state index in [-0.39, 0.29) is 6.04 Å². The van der Waals surface area contributed by atoms with Crippen molar-refractivity contribution in [1.82, 2.24) is 0 Å². The number of hydrogen-bond acceptors (Lipinski definition) is 3. The van der Waals surface area contributed by atoms with Crippen LogP contribution in [0.1, 0.15) is 32.4 Å². The molecule has 2 nitrogen and oxygen atoms in total. The van der Waals surface area contributed by atoms with Gasteiger partial charge in [0.05, 0.1) is 5.69 Å². The molecular formula is C14H21BrN2S. The number of hydrogen-bond donors (Lipinski definition) is 1. The van der Waals surface area contributed by atoms with Gasteiger partial charge in [0.2, 0.25) is 0 Å². The van der Waals surface area contributed by atoms with Crippen molar-refractivity contribution in [1.29, 1.82) is 0 Å². The lowest BCUT2D eigenvalue weighted by molar-refractivity contribution is 0.726. The number of nitrogens with zero attached hydrogens (tertiary/aromatic N) is 1. The molecule has 0 saturated carbocycles. The fourth-order valence-corrected chi connectivity index (χ4v) is 4.41. The highest BCUT2D eigenvalue weighted by atomic mass is 79.9. The van der Waals surface area contributed by atoms with E-state index in [0.29, 0.717) is 10.5 Å². The van der Waals surface area contributed by atoms with E-state index >= 15 is 0 Å². The number of nitrogens with two attached hydrogens (primary N) is 1. The van der Waals surface area contributed by atoms with Crippen LogP contribution in [0.5, 0.6) is 0 Å². The Hall–Kier alpha value is -0.190. The van der Waals surface area contributed by atoms with Crippen LogP contribution in [0.4, 0.5) is 5.69 Å². The third-order valence-electron chi connectivity index (χ3n) is 3.26. The second-order valence-electron chi connectivity index (χ2n) is 5.16. The summed E-state index contributed by atoms with van der Waals surface area (Å²) in [6.45, 7) is 8.86. The standard InChI is InChI=1S/C14H21BrN2S/c1-9-7-17(8-10(2)18-9)14-5-4-12(11(3)16)6-13(14)15/h4-6,9-11H,7-8,16H2,1-3H3. The lowest BCUT2D eigenvalue weighted by atomic mass is 10.1. The molecule has 3 unspecified atom stereocenters. The van der Waals surface area contributed by atoms with Gasteiger partial charge in [0.15, 0.2) is 0 Å². The van der Waals surface area contributed by atoms with Gasteiger partial charge >= 0.3 is 0 Å². The van der Waals surface area contributed by atoms with Gasteiger partial charge in [-0.1, -0.05) is 19.9 Å². The van der Waals surface area contributed by atoms with Crippen LogP contribution < -0.4 is 10.6 Å². The third kappa shape index (κ3) is 3.22. The molecule has 1 aliphatic heterocycles. The monoisotopic (exact) mass is 328 g/mol. The Morgan fingerprint density at radius 3 is 2.44 bits per heavy atom. The topological polar surface area (TPSA) is 29.3 Å². The Labute approximate surface area is 122 Å². The van der Waals surface area contributed by atoms with E-state index in [2.05, 4.69) is 64.6 Å². The van der Waals surface area contributed by atoms with Crippen molar-refractivity contribution >= 4 is 33.4 Å². The van der Waals surface area contributed by atoms with Gasteiger partial charge in [-0.15, -0.1) is 0 Å². The summed E-state index contributed by atoms with van der Waals surface area (Å²) in [5.41, 5.74) is 8.39. The molecular weight excluding hydrogens is 308 g/mol. The molecule has 2 rings (SSSR count). The predicted molar refractivity (Wildman–Crippen MR) is 85.5 cm³/mol. The maximum absolute atomic E-state index is 5.92. The molecule has 1 aliphatic rings. The largest absolute Gasteiger partial charge is 0.368 e. The summed E-state index contributed by atoms with van der Waals surface area (Å²) in [6, 6.07) is 6.57. The van der Waals surface area contributed by atoms with Crippen molar-refractivity contribution in [2.75, 3.05) is 18.0 Å². The average molecular weight is 329 g/mol. The first kappa shape index (κ1) is 14.2. The van der Waals surface area contributed by atoms with Crippen LogP contribution in [0.2, 0.25) is 0 Å². The lowest BCUT2D eigenvalue weighted by Gasteiger charge is -2.36. The average Bonchev–Trinajstić information content (AvgIpc) is 2.27. The maximum atomic E-state index is 5.92. The zero-order valence-corrected chi connectivity index (χ0v) is 13.6. The minimum Gasteiger partial charge on any atom is -0.368 e. The minimum absolute atomic E-state index is 0.0881. The summed E-state index contributed by atoms with van der Waals surface area (Å²) in [4.78, 5) is 2.47. The Morgan fingerprint density at radius 2 is 1.94 bits per heavy atom. The van der Waals surface area contributed by atoms with Crippen molar-refractivity contribution in [3.63, 3.8) is 0 Å². The molecule has 3 atom stereocenters. The van der Waals surface area contributed by atoms with Gasteiger partial charge in [-0.2, -0.15) is 11.8 Å². The summed E-state index contributed by atoms with van der Waals surface area (Å²) in [5.74, 6) is 0. The van der Waals surface area contributed by atoms with Crippen LogP contribution in [-0.2, 0) is 0 Å². The number of rotatable bonds is 2. The third-order valence-corrected chi connectivity index (χ3v) is 5.12. The zero-order valence-electron chi connectivity index (χ0n) is 11.2. The molecule has 1 saturated heterocycles. The van der Waals surface area contributed by atoms with E-state index in [1.54, 1.807) is 0 Å². The number of thioether (sulfide) groups is 1. The van der Waals surface area contributed by atoms with E-state index in [1.807, 2.05) is 6.92 Å². The highest BCUT2D eigenvalue weighted by molar-refractivity contribution is 9.10. The van der Waals surface area contributed by atoms with Crippen LogP contribution in [0.25, 0.3) is 0 Å². The molecule has 0 amide bonds. The molecule has 0 spiro atoms. The van der Waals surface area contributed by atoms with E-state index in [1.165, 1.54) is 11.3 Å². The van der Waals surface area contributed by atoms with Crippen molar-refractivity contribution in [3.05, 3.63) is 28.2 Å². The van der Waals surface area contributed by atoms with Crippen LogP contribution in [-0.4, -0.2) is 23.6 Å². The van der Waals surface area contributed by atoms with E-state index in [0.717, 1.165) is 17.6 Å². The first-order valence-electron chi connectivity index (χ1n) is 6.43. The molecule has 0 aromatic heterocycles. The molecule has 4 heteroatoms. The van der Waals surface area contributed by atoms with Crippen molar-refractivity contribution in [2.24, 2.45) is 5.73 Å². The summed E-state index contributed by atoms with van der Waals surface area (Å²) in [7, 11) is 0. The van der Waals surface area contributed by atoms with Gasteiger partial charge in [0, 0.05) is 34.1 Å². The van der Waals surface area contributed by atoms with Crippen LogP contribution in [0.3, 0.4) is 0 Å². The van der Waals surface area contributed by atoms with E-state index in [4.69, 9.17) is 5.73 Å². The van der Waals surface area contributed by atoms with Gasteiger partial charge < -0.3 is 10.6 Å². The SMILES string of the molecule is CC1CN(c2ccc(C(C)N)cc2Br)CC(C)S1. The minimum atomic E-state index is 0.0881. The fourth-order valence-electron chi connectivity index (χ4n) is 2.44.